The molecule has 19 heavy (non-hydrogen) atoms. The number of hydrogen-bond acceptors (Lipinski definition) is 6. The van der Waals surface area contributed by atoms with Crippen LogP contribution in [0.1, 0.15) is 29.6 Å². The van der Waals surface area contributed by atoms with Crippen LogP contribution in [0.5, 0.6) is 0 Å². The van der Waals surface area contributed by atoms with E-state index in [1.165, 1.54) is 0 Å². The third-order valence-electron chi connectivity index (χ3n) is 2.77. The minimum Gasteiger partial charge on any atom is -0.382 e. The van der Waals surface area contributed by atoms with Crippen LogP contribution in [0.2, 0.25) is 0 Å². The first-order valence-corrected chi connectivity index (χ1v) is 6.89. The van der Waals surface area contributed by atoms with Crippen molar-refractivity contribution in [2.45, 2.75) is 25.3 Å². The first-order valence-electron chi connectivity index (χ1n) is 6.12. The maximum Gasteiger partial charge on any atom is 0.258 e. The highest BCUT2D eigenvalue weighted by molar-refractivity contribution is 7.11. The van der Waals surface area contributed by atoms with E-state index in [9.17, 15) is 9.59 Å². The lowest BCUT2D eigenvalue weighted by molar-refractivity contribution is -0.120. The summed E-state index contributed by atoms with van der Waals surface area (Å²) < 4.78 is 3.98. The molecule has 1 aliphatic carbocycles. The largest absolute Gasteiger partial charge is 0.382 e. The Labute approximate surface area is 115 Å². The third-order valence-corrected chi connectivity index (χ3v) is 3.59. The van der Waals surface area contributed by atoms with Gasteiger partial charge < -0.3 is 21.7 Å². The van der Waals surface area contributed by atoms with Crippen LogP contribution in [-0.2, 0) is 4.79 Å². The molecule has 7 nitrogen and oxygen atoms in total. The minimum atomic E-state index is -0.198. The van der Waals surface area contributed by atoms with Crippen molar-refractivity contribution >= 4 is 34.2 Å². The van der Waals surface area contributed by atoms with Gasteiger partial charge in [-0.3, -0.25) is 9.59 Å². The second kappa shape index (κ2) is 5.87. The highest BCUT2D eigenvalue weighted by Crippen LogP contribution is 2.28. The number of hydrogen-bond donors (Lipinski definition) is 4. The van der Waals surface area contributed by atoms with Crippen molar-refractivity contribution < 1.29 is 9.59 Å². The van der Waals surface area contributed by atoms with Crippen molar-refractivity contribution in [1.29, 1.82) is 0 Å². The molecular weight excluding hydrogens is 266 g/mol. The van der Waals surface area contributed by atoms with Gasteiger partial charge in [0.15, 0.2) is 5.82 Å². The molecule has 2 amide bonds. The minimum absolute atomic E-state index is 0.0611. The molecule has 0 unspecified atom stereocenters. The van der Waals surface area contributed by atoms with Crippen molar-refractivity contribution in [3.05, 3.63) is 5.56 Å². The third kappa shape index (κ3) is 3.57. The van der Waals surface area contributed by atoms with Gasteiger partial charge in [0.1, 0.15) is 10.6 Å². The molecule has 1 aromatic heterocycles. The molecule has 0 saturated heterocycles. The highest BCUT2D eigenvalue weighted by Gasteiger charge is 2.27. The number of amides is 2. The number of nitrogens with one attached hydrogen (secondary N) is 3. The fourth-order valence-corrected chi connectivity index (χ4v) is 2.28. The van der Waals surface area contributed by atoms with Gasteiger partial charge in [-0.25, -0.2) is 0 Å². The average Bonchev–Trinajstić information content (AvgIpc) is 3.11. The lowest BCUT2D eigenvalue weighted by Gasteiger charge is -2.07. The van der Waals surface area contributed by atoms with Crippen LogP contribution in [0.3, 0.4) is 0 Å². The monoisotopic (exact) mass is 283 g/mol. The fourth-order valence-electron chi connectivity index (χ4n) is 1.54. The maximum atomic E-state index is 12.0. The molecule has 0 bridgehead atoms. The van der Waals surface area contributed by atoms with Gasteiger partial charge in [-0.05, 0) is 24.4 Å². The quantitative estimate of drug-likeness (QED) is 0.595. The molecule has 1 fully saturated rings. The van der Waals surface area contributed by atoms with Gasteiger partial charge in [0.2, 0.25) is 5.91 Å². The number of nitrogens with zero attached hydrogens (tertiary/aromatic N) is 1. The van der Waals surface area contributed by atoms with Crippen molar-refractivity contribution in [1.82, 2.24) is 15.0 Å². The molecule has 1 heterocycles. The smallest absolute Gasteiger partial charge is 0.258 e. The molecule has 0 aliphatic heterocycles. The summed E-state index contributed by atoms with van der Waals surface area (Å²) in [6.45, 7) is 0.436. The second-order valence-electron chi connectivity index (χ2n) is 4.37. The fraction of sp³-hybridized carbons (Fsp3) is 0.545. The lowest BCUT2D eigenvalue weighted by Crippen LogP contribution is -2.27. The number of rotatable bonds is 6. The van der Waals surface area contributed by atoms with Crippen LogP contribution in [0.25, 0.3) is 0 Å². The summed E-state index contributed by atoms with van der Waals surface area (Å²) in [5.74, 6) is -0.0317. The topological polar surface area (TPSA) is 109 Å². The molecular formula is C11H17N5O2S. The van der Waals surface area contributed by atoms with Crippen LogP contribution >= 0.6 is 11.5 Å². The lowest BCUT2D eigenvalue weighted by atomic mass is 10.3. The normalized spacial score (nSPS) is 13.9. The Morgan fingerprint density at radius 1 is 1.47 bits per heavy atom. The van der Waals surface area contributed by atoms with E-state index in [4.69, 9.17) is 5.73 Å². The SMILES string of the molecule is CNC(=O)CCNc1snc(N)c1C(=O)NC1CC1. The standard InChI is InChI=1S/C11H17N5O2S/c1-13-7(17)4-5-14-11-8(9(12)16-19-11)10(18)15-6-2-3-6/h6,14H,2-5H2,1H3,(H2,12,16)(H,13,17)(H,15,18). The molecule has 1 saturated carbocycles. The Morgan fingerprint density at radius 2 is 2.21 bits per heavy atom. The Bertz CT molecular complexity index is 483. The molecule has 0 spiro atoms. The summed E-state index contributed by atoms with van der Waals surface area (Å²) in [6.07, 6.45) is 2.36. The van der Waals surface area contributed by atoms with E-state index in [0.717, 1.165) is 24.4 Å². The van der Waals surface area contributed by atoms with Gasteiger partial charge in [0.25, 0.3) is 5.91 Å². The van der Waals surface area contributed by atoms with Gasteiger partial charge in [-0.15, -0.1) is 0 Å². The zero-order chi connectivity index (χ0) is 13.8. The molecule has 1 aromatic rings. The first kappa shape index (κ1) is 13.6. The van der Waals surface area contributed by atoms with E-state index >= 15 is 0 Å². The van der Waals surface area contributed by atoms with E-state index < -0.39 is 0 Å². The Morgan fingerprint density at radius 3 is 2.84 bits per heavy atom. The highest BCUT2D eigenvalue weighted by atomic mass is 32.1. The second-order valence-corrected chi connectivity index (χ2v) is 5.14. The molecule has 104 valence electrons. The summed E-state index contributed by atoms with van der Waals surface area (Å²) in [4.78, 5) is 23.1. The molecule has 1 aliphatic rings. The number of carbonyl (C=O) groups excluding carboxylic acids is 2. The maximum absolute atomic E-state index is 12.0. The molecule has 0 radical (unpaired) electrons. The number of nitrogens with two attached hydrogens (primary N) is 1. The molecule has 0 atom stereocenters. The summed E-state index contributed by atoms with van der Waals surface area (Å²) in [6, 6.07) is 0.269. The average molecular weight is 283 g/mol. The van der Waals surface area contributed by atoms with E-state index in [-0.39, 0.29) is 23.7 Å². The van der Waals surface area contributed by atoms with Crippen LogP contribution in [-0.4, -0.2) is 35.8 Å². The molecule has 2 rings (SSSR count). The molecule has 8 heteroatoms. The van der Waals surface area contributed by atoms with E-state index in [1.807, 2.05) is 0 Å². The van der Waals surface area contributed by atoms with Gasteiger partial charge >= 0.3 is 0 Å². The number of aromatic nitrogens is 1. The van der Waals surface area contributed by atoms with Crippen molar-refractivity contribution in [2.75, 3.05) is 24.6 Å². The Kier molecular flexibility index (Phi) is 4.20. The van der Waals surface area contributed by atoms with Gasteiger partial charge in [-0.2, -0.15) is 4.37 Å². The van der Waals surface area contributed by atoms with E-state index in [0.29, 0.717) is 23.5 Å². The predicted molar refractivity (Wildman–Crippen MR) is 74.2 cm³/mol. The van der Waals surface area contributed by atoms with E-state index in [1.54, 1.807) is 7.05 Å². The molecule has 0 aromatic carbocycles. The van der Waals surface area contributed by atoms with Crippen LogP contribution < -0.4 is 21.7 Å². The van der Waals surface area contributed by atoms with Crippen LogP contribution in [0.4, 0.5) is 10.8 Å². The van der Waals surface area contributed by atoms with Gasteiger partial charge in [-0.1, -0.05) is 0 Å². The van der Waals surface area contributed by atoms with Crippen molar-refractivity contribution in [3.8, 4) is 0 Å². The van der Waals surface area contributed by atoms with Gasteiger partial charge in [0, 0.05) is 26.1 Å². The predicted octanol–water partition coefficient (Wildman–Crippen LogP) is 0.166. The number of anilines is 2. The molecule has 5 N–H and O–H groups in total. The van der Waals surface area contributed by atoms with Crippen LogP contribution in [0.15, 0.2) is 0 Å². The number of nitrogen functional groups attached to an aromatic ring is 1. The van der Waals surface area contributed by atoms with Gasteiger partial charge in [0.05, 0.1) is 0 Å². The Hall–Kier alpha value is -1.83. The van der Waals surface area contributed by atoms with E-state index in [2.05, 4.69) is 20.3 Å². The summed E-state index contributed by atoms with van der Waals surface area (Å²) in [5, 5.41) is 9.05. The zero-order valence-electron chi connectivity index (χ0n) is 10.7. The number of carbonyl (C=O) groups is 2. The zero-order valence-corrected chi connectivity index (χ0v) is 11.5. The Balaban J connectivity index is 1.96. The first-order chi connectivity index (χ1) is 9.11. The summed E-state index contributed by atoms with van der Waals surface area (Å²) >= 11 is 1.13. The van der Waals surface area contributed by atoms with Crippen LogP contribution in [0, 0.1) is 0 Å². The van der Waals surface area contributed by atoms with Crippen molar-refractivity contribution in [2.24, 2.45) is 0 Å². The summed E-state index contributed by atoms with van der Waals surface area (Å²) in [7, 11) is 1.58. The van der Waals surface area contributed by atoms with Crippen molar-refractivity contribution in [3.63, 3.8) is 0 Å². The summed E-state index contributed by atoms with van der Waals surface area (Å²) in [5.41, 5.74) is 6.10.